The van der Waals surface area contributed by atoms with Crippen LogP contribution in [0.5, 0.6) is 11.5 Å². The molecule has 6 nitrogen and oxygen atoms in total. The van der Waals surface area contributed by atoms with E-state index in [4.69, 9.17) is 21.1 Å². The third kappa shape index (κ3) is 4.84. The van der Waals surface area contributed by atoms with E-state index in [-0.39, 0.29) is 5.91 Å². The summed E-state index contributed by atoms with van der Waals surface area (Å²) < 4.78 is 11.2. The largest absolute Gasteiger partial charge is 0.490 e. The maximum absolute atomic E-state index is 12.4. The van der Waals surface area contributed by atoms with Crippen LogP contribution in [0.15, 0.2) is 48.5 Å². The van der Waals surface area contributed by atoms with Crippen LogP contribution in [-0.4, -0.2) is 29.3 Å². The van der Waals surface area contributed by atoms with Gasteiger partial charge in [-0.2, -0.15) is 5.10 Å². The second kappa shape index (κ2) is 9.28. The number of amides is 1. The molecule has 0 aliphatic rings. The van der Waals surface area contributed by atoms with Gasteiger partial charge < -0.3 is 14.8 Å². The van der Waals surface area contributed by atoms with Gasteiger partial charge in [-0.25, -0.2) is 0 Å². The normalized spacial score (nSPS) is 10.5. The molecule has 2 aromatic carbocycles. The Kier molecular flexibility index (Phi) is 6.55. The van der Waals surface area contributed by atoms with E-state index in [1.54, 1.807) is 18.2 Å². The molecule has 1 aromatic heterocycles. The van der Waals surface area contributed by atoms with Gasteiger partial charge in [-0.05, 0) is 49.7 Å². The van der Waals surface area contributed by atoms with Crippen molar-refractivity contribution in [2.24, 2.45) is 0 Å². The van der Waals surface area contributed by atoms with Crippen LogP contribution in [-0.2, 0) is 6.54 Å². The van der Waals surface area contributed by atoms with Crippen molar-refractivity contribution >= 4 is 17.5 Å². The quantitative estimate of drug-likeness (QED) is 0.586. The first kappa shape index (κ1) is 19.8. The lowest BCUT2D eigenvalue weighted by atomic mass is 10.1. The van der Waals surface area contributed by atoms with Crippen LogP contribution in [0.2, 0.25) is 5.02 Å². The summed E-state index contributed by atoms with van der Waals surface area (Å²) in [5, 5.41) is 10.5. The van der Waals surface area contributed by atoms with Gasteiger partial charge in [0.15, 0.2) is 11.5 Å². The zero-order valence-corrected chi connectivity index (χ0v) is 16.5. The molecule has 0 fully saturated rings. The van der Waals surface area contributed by atoms with Crippen molar-refractivity contribution in [3.8, 4) is 22.8 Å². The SMILES string of the molecule is CCOc1ccc(CNC(=O)c2cc(-c3cccc(Cl)c3)n[nH]2)cc1OCC. The summed E-state index contributed by atoms with van der Waals surface area (Å²) in [6, 6.07) is 14.6. The second-order valence-corrected chi connectivity index (χ2v) is 6.44. The molecule has 0 unspecified atom stereocenters. The third-order valence-electron chi connectivity index (χ3n) is 4.00. The van der Waals surface area contributed by atoms with Crippen molar-refractivity contribution in [1.82, 2.24) is 15.5 Å². The van der Waals surface area contributed by atoms with Crippen LogP contribution in [0.3, 0.4) is 0 Å². The van der Waals surface area contributed by atoms with E-state index >= 15 is 0 Å². The number of ether oxygens (including phenoxy) is 2. The number of rotatable bonds is 8. The lowest BCUT2D eigenvalue weighted by Gasteiger charge is -2.12. The Morgan fingerprint density at radius 2 is 1.86 bits per heavy atom. The summed E-state index contributed by atoms with van der Waals surface area (Å²) in [5.41, 5.74) is 2.80. The first-order chi connectivity index (χ1) is 13.6. The van der Waals surface area contributed by atoms with Gasteiger partial charge in [0.25, 0.3) is 5.91 Å². The minimum Gasteiger partial charge on any atom is -0.490 e. The molecule has 2 N–H and O–H groups in total. The van der Waals surface area contributed by atoms with Gasteiger partial charge >= 0.3 is 0 Å². The van der Waals surface area contributed by atoms with Gasteiger partial charge in [0, 0.05) is 17.1 Å². The lowest BCUT2D eigenvalue weighted by molar-refractivity contribution is 0.0946. The number of halogens is 1. The van der Waals surface area contributed by atoms with Crippen molar-refractivity contribution in [3.63, 3.8) is 0 Å². The molecule has 7 heteroatoms. The Morgan fingerprint density at radius 1 is 1.07 bits per heavy atom. The number of carbonyl (C=O) groups is 1. The van der Waals surface area contributed by atoms with Crippen LogP contribution in [0.1, 0.15) is 29.9 Å². The monoisotopic (exact) mass is 399 g/mol. The Labute approximate surface area is 168 Å². The Hall–Kier alpha value is -2.99. The first-order valence-electron chi connectivity index (χ1n) is 9.08. The minimum atomic E-state index is -0.243. The summed E-state index contributed by atoms with van der Waals surface area (Å²) in [7, 11) is 0. The van der Waals surface area contributed by atoms with Crippen LogP contribution in [0.4, 0.5) is 0 Å². The molecule has 0 aliphatic carbocycles. The second-order valence-electron chi connectivity index (χ2n) is 6.01. The number of aromatic nitrogens is 2. The Bertz CT molecular complexity index is 956. The van der Waals surface area contributed by atoms with E-state index in [1.165, 1.54) is 0 Å². The molecular weight excluding hydrogens is 378 g/mol. The zero-order chi connectivity index (χ0) is 19.9. The van der Waals surface area contributed by atoms with E-state index in [1.807, 2.05) is 44.2 Å². The van der Waals surface area contributed by atoms with Crippen molar-refractivity contribution in [2.45, 2.75) is 20.4 Å². The predicted molar refractivity (Wildman–Crippen MR) is 109 cm³/mol. The molecule has 146 valence electrons. The van der Waals surface area contributed by atoms with Gasteiger partial charge in [0.2, 0.25) is 0 Å². The highest BCUT2D eigenvalue weighted by Gasteiger charge is 2.12. The smallest absolute Gasteiger partial charge is 0.269 e. The summed E-state index contributed by atoms with van der Waals surface area (Å²) in [4.78, 5) is 12.4. The fourth-order valence-electron chi connectivity index (χ4n) is 2.72. The molecule has 28 heavy (non-hydrogen) atoms. The van der Waals surface area contributed by atoms with Crippen LogP contribution < -0.4 is 14.8 Å². The van der Waals surface area contributed by atoms with Gasteiger partial charge in [0.05, 0.1) is 18.9 Å². The van der Waals surface area contributed by atoms with E-state index in [9.17, 15) is 4.79 Å². The number of hydrogen-bond acceptors (Lipinski definition) is 4. The van der Waals surface area contributed by atoms with E-state index in [0.717, 1.165) is 11.1 Å². The topological polar surface area (TPSA) is 76.2 Å². The van der Waals surface area contributed by atoms with Crippen LogP contribution in [0.25, 0.3) is 11.3 Å². The molecule has 0 spiro atoms. The number of H-pyrrole nitrogens is 1. The van der Waals surface area contributed by atoms with Crippen molar-refractivity contribution in [2.75, 3.05) is 13.2 Å². The molecule has 0 saturated heterocycles. The molecule has 0 atom stereocenters. The average molecular weight is 400 g/mol. The fraction of sp³-hybridized carbons (Fsp3) is 0.238. The number of nitrogens with one attached hydrogen (secondary N) is 2. The fourth-order valence-corrected chi connectivity index (χ4v) is 2.91. The lowest BCUT2D eigenvalue weighted by Crippen LogP contribution is -2.23. The molecule has 1 heterocycles. The minimum absolute atomic E-state index is 0.243. The van der Waals surface area contributed by atoms with Crippen molar-refractivity contribution in [3.05, 3.63) is 64.8 Å². The zero-order valence-electron chi connectivity index (χ0n) is 15.8. The van der Waals surface area contributed by atoms with E-state index in [0.29, 0.717) is 47.7 Å². The Morgan fingerprint density at radius 3 is 2.61 bits per heavy atom. The highest BCUT2D eigenvalue weighted by atomic mass is 35.5. The Balaban J connectivity index is 1.66. The summed E-state index contributed by atoms with van der Waals surface area (Å²) >= 11 is 6.01. The number of aromatic amines is 1. The van der Waals surface area contributed by atoms with Crippen molar-refractivity contribution in [1.29, 1.82) is 0 Å². The van der Waals surface area contributed by atoms with Crippen LogP contribution in [0, 0.1) is 0 Å². The maximum atomic E-state index is 12.4. The summed E-state index contributed by atoms with van der Waals surface area (Å²) in [6.45, 7) is 5.30. The van der Waals surface area contributed by atoms with Gasteiger partial charge in [-0.1, -0.05) is 29.8 Å². The molecular formula is C21H22ClN3O3. The standard InChI is InChI=1S/C21H22ClN3O3/c1-3-27-19-9-8-14(10-20(19)28-4-2)13-23-21(26)18-12-17(24-25-18)15-6-5-7-16(22)11-15/h5-12H,3-4,13H2,1-2H3,(H,23,26)(H,24,25). The number of benzene rings is 2. The first-order valence-corrected chi connectivity index (χ1v) is 9.46. The van der Waals surface area contributed by atoms with Crippen molar-refractivity contribution < 1.29 is 14.3 Å². The average Bonchev–Trinajstić information content (AvgIpc) is 3.19. The number of hydrogen-bond donors (Lipinski definition) is 2. The molecule has 0 saturated carbocycles. The molecule has 0 radical (unpaired) electrons. The molecule has 1 amide bonds. The van der Waals surface area contributed by atoms with Crippen LogP contribution >= 0.6 is 11.6 Å². The molecule has 3 aromatic rings. The predicted octanol–water partition coefficient (Wildman–Crippen LogP) is 4.46. The van der Waals surface area contributed by atoms with E-state index in [2.05, 4.69) is 15.5 Å². The number of carbonyl (C=O) groups excluding carboxylic acids is 1. The summed E-state index contributed by atoms with van der Waals surface area (Å²) in [6.07, 6.45) is 0. The summed E-state index contributed by atoms with van der Waals surface area (Å²) in [5.74, 6) is 1.12. The molecule has 3 rings (SSSR count). The highest BCUT2D eigenvalue weighted by Crippen LogP contribution is 2.28. The number of nitrogens with zero attached hydrogens (tertiary/aromatic N) is 1. The third-order valence-corrected chi connectivity index (χ3v) is 4.24. The van der Waals surface area contributed by atoms with Gasteiger partial charge in [-0.15, -0.1) is 0 Å². The highest BCUT2D eigenvalue weighted by molar-refractivity contribution is 6.30. The maximum Gasteiger partial charge on any atom is 0.269 e. The molecule has 0 aliphatic heterocycles. The van der Waals surface area contributed by atoms with E-state index < -0.39 is 0 Å². The molecule has 0 bridgehead atoms. The van der Waals surface area contributed by atoms with Gasteiger partial charge in [-0.3, -0.25) is 9.89 Å². The van der Waals surface area contributed by atoms with Gasteiger partial charge in [0.1, 0.15) is 5.69 Å².